The summed E-state index contributed by atoms with van der Waals surface area (Å²) in [5.41, 5.74) is 2.93. The van der Waals surface area contributed by atoms with Crippen LogP contribution in [0, 0.1) is 5.82 Å². The van der Waals surface area contributed by atoms with Gasteiger partial charge in [-0.3, -0.25) is 9.59 Å². The predicted molar refractivity (Wildman–Crippen MR) is 131 cm³/mol. The maximum atomic E-state index is 15.1. The van der Waals surface area contributed by atoms with Crippen molar-refractivity contribution in [2.24, 2.45) is 0 Å². The minimum Gasteiger partial charge on any atom is -0.493 e. The molecule has 178 valence electrons. The number of carboxylic acids is 1. The Labute approximate surface area is 199 Å². The number of amides is 1. The van der Waals surface area contributed by atoms with Crippen molar-refractivity contribution < 1.29 is 23.8 Å². The molecule has 6 heteroatoms. The van der Waals surface area contributed by atoms with Gasteiger partial charge < -0.3 is 14.7 Å². The lowest BCUT2D eigenvalue weighted by atomic mass is 9.91. The van der Waals surface area contributed by atoms with Gasteiger partial charge in [0.15, 0.2) is 0 Å². The molecular weight excluding hydrogens is 433 g/mol. The number of benzene rings is 3. The van der Waals surface area contributed by atoms with E-state index in [1.807, 2.05) is 31.2 Å². The molecule has 0 atom stereocenters. The van der Waals surface area contributed by atoms with Crippen LogP contribution in [0.5, 0.6) is 5.75 Å². The zero-order valence-corrected chi connectivity index (χ0v) is 19.7. The standard InChI is InChI=1S/C28H30FNO4/c1-3-5-6-10-20-19-9-7-8-11-21(19)27(34-14-4-2)22-17-30(28(33)26(20)22)24-13-12-18(15-23(24)29)16-25(31)32/h7-9,11-13,15H,3-6,10,14,16-17H2,1-2H3,(H,31,32). The van der Waals surface area contributed by atoms with E-state index in [1.165, 1.54) is 17.0 Å². The fourth-order valence-electron chi connectivity index (χ4n) is 4.74. The number of anilines is 1. The van der Waals surface area contributed by atoms with Crippen LogP contribution in [0.3, 0.4) is 0 Å². The number of carbonyl (C=O) groups excluding carboxylic acids is 1. The number of fused-ring (bicyclic) bond motifs is 2. The molecule has 3 aromatic rings. The van der Waals surface area contributed by atoms with E-state index in [-0.39, 0.29) is 24.6 Å². The van der Waals surface area contributed by atoms with Gasteiger partial charge in [0.05, 0.1) is 30.8 Å². The summed E-state index contributed by atoms with van der Waals surface area (Å²) in [5, 5.41) is 11.0. The number of hydrogen-bond donors (Lipinski definition) is 1. The summed E-state index contributed by atoms with van der Waals surface area (Å²) < 4.78 is 21.2. The molecule has 1 N–H and O–H groups in total. The van der Waals surface area contributed by atoms with Gasteiger partial charge in [0, 0.05) is 10.9 Å². The van der Waals surface area contributed by atoms with Crippen molar-refractivity contribution >= 4 is 28.3 Å². The molecule has 4 rings (SSSR count). The van der Waals surface area contributed by atoms with Gasteiger partial charge >= 0.3 is 5.97 Å². The van der Waals surface area contributed by atoms with E-state index in [0.717, 1.165) is 54.0 Å². The first-order valence-corrected chi connectivity index (χ1v) is 12.0. The van der Waals surface area contributed by atoms with Crippen LogP contribution in [-0.4, -0.2) is 23.6 Å². The lowest BCUT2D eigenvalue weighted by Gasteiger charge is -2.17. The maximum Gasteiger partial charge on any atom is 0.307 e. The summed E-state index contributed by atoms with van der Waals surface area (Å²) in [7, 11) is 0. The van der Waals surface area contributed by atoms with Crippen LogP contribution >= 0.6 is 0 Å². The number of unbranched alkanes of at least 4 members (excludes halogenated alkanes) is 2. The van der Waals surface area contributed by atoms with Crippen LogP contribution in [0.4, 0.5) is 10.1 Å². The number of hydrogen-bond acceptors (Lipinski definition) is 3. The SMILES string of the molecule is CCCCCc1c2c(c(OCCC)c3ccccc13)CN(c1ccc(CC(=O)O)cc1F)C2=O. The highest BCUT2D eigenvalue weighted by Crippen LogP contribution is 2.43. The van der Waals surface area contributed by atoms with Gasteiger partial charge in [0.2, 0.25) is 0 Å². The lowest BCUT2D eigenvalue weighted by Crippen LogP contribution is -2.24. The first kappa shape index (κ1) is 23.7. The molecule has 3 aromatic carbocycles. The lowest BCUT2D eigenvalue weighted by molar-refractivity contribution is -0.136. The second-order valence-electron chi connectivity index (χ2n) is 8.76. The minimum atomic E-state index is -1.03. The summed E-state index contributed by atoms with van der Waals surface area (Å²) >= 11 is 0. The van der Waals surface area contributed by atoms with E-state index in [4.69, 9.17) is 9.84 Å². The first-order chi connectivity index (χ1) is 16.5. The highest BCUT2D eigenvalue weighted by atomic mass is 19.1. The quantitative estimate of drug-likeness (QED) is 0.359. The van der Waals surface area contributed by atoms with Crippen molar-refractivity contribution in [3.05, 3.63) is 70.5 Å². The van der Waals surface area contributed by atoms with Crippen molar-refractivity contribution in [1.82, 2.24) is 0 Å². The minimum absolute atomic E-state index is 0.153. The van der Waals surface area contributed by atoms with Crippen molar-refractivity contribution in [3.63, 3.8) is 0 Å². The fraction of sp³-hybridized carbons (Fsp3) is 0.357. The number of carboxylic acid groups (broad SMARTS) is 1. The van der Waals surface area contributed by atoms with Crippen molar-refractivity contribution in [1.29, 1.82) is 0 Å². The highest BCUT2D eigenvalue weighted by molar-refractivity contribution is 6.15. The zero-order chi connectivity index (χ0) is 24.2. The Morgan fingerprint density at radius 2 is 1.85 bits per heavy atom. The van der Waals surface area contributed by atoms with Crippen LogP contribution in [0.1, 0.15) is 66.6 Å². The number of nitrogens with zero attached hydrogens (tertiary/aromatic N) is 1. The van der Waals surface area contributed by atoms with Gasteiger partial charge in [0.25, 0.3) is 5.91 Å². The average molecular weight is 464 g/mol. The number of ether oxygens (including phenoxy) is 1. The fourth-order valence-corrected chi connectivity index (χ4v) is 4.74. The molecule has 0 saturated carbocycles. The van der Waals surface area contributed by atoms with Gasteiger partial charge in [-0.05, 0) is 47.9 Å². The molecule has 0 aliphatic carbocycles. The summed E-state index contributed by atoms with van der Waals surface area (Å²) in [6.07, 6.45) is 4.44. The topological polar surface area (TPSA) is 66.8 Å². The molecular formula is C28H30FNO4. The molecule has 0 spiro atoms. The van der Waals surface area contributed by atoms with Crippen LogP contribution in [0.15, 0.2) is 42.5 Å². The van der Waals surface area contributed by atoms with E-state index in [9.17, 15) is 9.59 Å². The monoisotopic (exact) mass is 463 g/mol. The van der Waals surface area contributed by atoms with Gasteiger partial charge in [-0.2, -0.15) is 0 Å². The normalized spacial score (nSPS) is 12.9. The Morgan fingerprint density at radius 1 is 1.09 bits per heavy atom. The Kier molecular flexibility index (Phi) is 7.15. The van der Waals surface area contributed by atoms with Gasteiger partial charge in [-0.1, -0.05) is 57.0 Å². The molecule has 1 aliphatic rings. The Balaban J connectivity index is 1.84. The number of rotatable bonds is 10. The molecule has 0 unspecified atom stereocenters. The molecule has 0 aromatic heterocycles. The third-order valence-electron chi connectivity index (χ3n) is 6.29. The van der Waals surface area contributed by atoms with E-state index in [2.05, 4.69) is 6.92 Å². The van der Waals surface area contributed by atoms with E-state index in [1.54, 1.807) is 6.07 Å². The van der Waals surface area contributed by atoms with Gasteiger partial charge in [-0.15, -0.1) is 0 Å². The van der Waals surface area contributed by atoms with Crippen LogP contribution in [0.25, 0.3) is 10.8 Å². The van der Waals surface area contributed by atoms with Crippen LogP contribution in [0.2, 0.25) is 0 Å². The van der Waals surface area contributed by atoms with Crippen molar-refractivity contribution in [2.45, 2.75) is 58.9 Å². The smallest absolute Gasteiger partial charge is 0.307 e. The van der Waals surface area contributed by atoms with Crippen molar-refractivity contribution in [2.75, 3.05) is 11.5 Å². The van der Waals surface area contributed by atoms with Crippen molar-refractivity contribution in [3.8, 4) is 5.75 Å². The van der Waals surface area contributed by atoms with Crippen LogP contribution in [-0.2, 0) is 24.2 Å². The maximum absolute atomic E-state index is 15.1. The Bertz CT molecular complexity index is 1240. The highest BCUT2D eigenvalue weighted by Gasteiger charge is 2.36. The number of aryl methyl sites for hydroxylation is 1. The first-order valence-electron chi connectivity index (χ1n) is 12.0. The van der Waals surface area contributed by atoms with E-state index in [0.29, 0.717) is 23.5 Å². The number of carbonyl (C=O) groups is 2. The number of halogens is 1. The second-order valence-corrected chi connectivity index (χ2v) is 8.76. The number of aliphatic carboxylic acids is 1. The molecule has 0 fully saturated rings. The molecule has 34 heavy (non-hydrogen) atoms. The molecule has 0 bridgehead atoms. The summed E-state index contributed by atoms with van der Waals surface area (Å²) in [6.45, 7) is 4.92. The second kappa shape index (κ2) is 10.2. The van der Waals surface area contributed by atoms with Gasteiger partial charge in [-0.25, -0.2) is 4.39 Å². The largest absolute Gasteiger partial charge is 0.493 e. The summed E-state index contributed by atoms with van der Waals surface area (Å²) in [5.74, 6) is -1.17. The molecule has 5 nitrogen and oxygen atoms in total. The third kappa shape index (κ3) is 4.49. The molecule has 1 amide bonds. The average Bonchev–Trinajstić information content (AvgIpc) is 3.14. The molecule has 1 aliphatic heterocycles. The Hall–Kier alpha value is -3.41. The van der Waals surface area contributed by atoms with Gasteiger partial charge in [0.1, 0.15) is 11.6 Å². The van der Waals surface area contributed by atoms with E-state index >= 15 is 4.39 Å². The predicted octanol–water partition coefficient (Wildman–Crippen LogP) is 6.29. The molecule has 0 radical (unpaired) electrons. The Morgan fingerprint density at radius 3 is 2.53 bits per heavy atom. The third-order valence-corrected chi connectivity index (χ3v) is 6.29. The molecule has 0 saturated heterocycles. The van der Waals surface area contributed by atoms with E-state index < -0.39 is 11.8 Å². The summed E-state index contributed by atoms with van der Waals surface area (Å²) in [6, 6.07) is 12.3. The zero-order valence-electron chi connectivity index (χ0n) is 19.7. The molecule has 1 heterocycles. The van der Waals surface area contributed by atoms with Crippen LogP contribution < -0.4 is 9.64 Å². The summed E-state index contributed by atoms with van der Waals surface area (Å²) in [4.78, 5) is 26.2.